The zero-order valence-electron chi connectivity index (χ0n) is 9.70. The van der Waals surface area contributed by atoms with Gasteiger partial charge in [-0.25, -0.2) is 13.4 Å². The molecule has 90 valence electrons. The highest BCUT2D eigenvalue weighted by atomic mass is 32.2. The van der Waals surface area contributed by atoms with Gasteiger partial charge in [-0.15, -0.1) is 0 Å². The third-order valence-electron chi connectivity index (χ3n) is 3.16. The Morgan fingerprint density at radius 3 is 2.71 bits per heavy atom. The molecule has 17 heavy (non-hydrogen) atoms. The maximum atomic E-state index is 12.6. The topological polar surface area (TPSA) is 47.0 Å². The van der Waals surface area contributed by atoms with E-state index in [0.717, 1.165) is 0 Å². The first kappa shape index (κ1) is 12.0. The number of pyridine rings is 1. The van der Waals surface area contributed by atoms with E-state index in [9.17, 15) is 8.42 Å². The second-order valence-electron chi connectivity index (χ2n) is 4.08. The number of hydrogen-bond donors (Lipinski definition) is 0. The zero-order valence-corrected chi connectivity index (χ0v) is 10.5. The molecule has 1 atom stereocenters. The molecule has 0 fully saturated rings. The van der Waals surface area contributed by atoms with E-state index in [4.69, 9.17) is 0 Å². The molecule has 1 aliphatic carbocycles. The van der Waals surface area contributed by atoms with Crippen molar-refractivity contribution in [1.29, 1.82) is 0 Å². The summed E-state index contributed by atoms with van der Waals surface area (Å²) in [6, 6.07) is 4.97. The number of allylic oxidation sites excluding steroid dienone is 3. The lowest BCUT2D eigenvalue weighted by Gasteiger charge is -2.29. The van der Waals surface area contributed by atoms with Gasteiger partial charge in [0, 0.05) is 6.20 Å². The largest absolute Gasteiger partial charge is 0.245 e. The van der Waals surface area contributed by atoms with Crippen LogP contribution in [0.5, 0.6) is 0 Å². The first-order valence-electron chi connectivity index (χ1n) is 5.62. The molecular weight excluding hydrogens is 234 g/mol. The molecule has 0 amide bonds. The summed E-state index contributed by atoms with van der Waals surface area (Å²) in [4.78, 5) is 3.97. The zero-order chi connectivity index (χ0) is 12.4. The van der Waals surface area contributed by atoms with Crippen molar-refractivity contribution in [3.8, 4) is 0 Å². The standard InChI is InChI=1S/C13H15NO2S/c1-2-13(9-5-3-6-10-13)17(15,16)12-8-4-7-11-14-12/h3-9,11H,2,10H2,1H3. The van der Waals surface area contributed by atoms with E-state index in [0.29, 0.717) is 12.8 Å². The monoisotopic (exact) mass is 249 g/mol. The minimum Gasteiger partial charge on any atom is -0.245 e. The molecule has 0 radical (unpaired) electrons. The van der Waals surface area contributed by atoms with Gasteiger partial charge in [-0.3, -0.25) is 0 Å². The number of nitrogens with zero attached hydrogens (tertiary/aromatic N) is 1. The van der Waals surface area contributed by atoms with Gasteiger partial charge in [0.05, 0.1) is 4.75 Å². The normalized spacial score (nSPS) is 23.8. The summed E-state index contributed by atoms with van der Waals surface area (Å²) < 4.78 is 24.3. The summed E-state index contributed by atoms with van der Waals surface area (Å²) in [5.41, 5.74) is 0. The van der Waals surface area contributed by atoms with Crippen molar-refractivity contribution in [3.63, 3.8) is 0 Å². The molecule has 0 saturated heterocycles. The number of hydrogen-bond acceptors (Lipinski definition) is 3. The fourth-order valence-electron chi connectivity index (χ4n) is 2.01. The summed E-state index contributed by atoms with van der Waals surface area (Å²) in [7, 11) is -3.42. The van der Waals surface area contributed by atoms with Gasteiger partial charge in [-0.2, -0.15) is 0 Å². The van der Waals surface area contributed by atoms with Crippen LogP contribution in [0.1, 0.15) is 19.8 Å². The number of rotatable bonds is 3. The predicted molar refractivity (Wildman–Crippen MR) is 67.3 cm³/mol. The molecule has 3 nitrogen and oxygen atoms in total. The lowest BCUT2D eigenvalue weighted by atomic mass is 9.97. The fraction of sp³-hybridized carbons (Fsp3) is 0.308. The van der Waals surface area contributed by atoms with Crippen LogP contribution in [0.3, 0.4) is 0 Å². The quantitative estimate of drug-likeness (QED) is 0.827. The number of aromatic nitrogens is 1. The molecule has 1 aromatic rings. The predicted octanol–water partition coefficient (Wildman–Crippen LogP) is 2.52. The summed E-state index contributed by atoms with van der Waals surface area (Å²) >= 11 is 0. The molecule has 1 aromatic heterocycles. The Balaban J connectivity index is 2.52. The highest BCUT2D eigenvalue weighted by Crippen LogP contribution is 2.34. The van der Waals surface area contributed by atoms with Gasteiger partial charge in [0.2, 0.25) is 9.84 Å². The van der Waals surface area contributed by atoms with Crippen molar-refractivity contribution in [3.05, 3.63) is 48.7 Å². The lowest BCUT2D eigenvalue weighted by molar-refractivity contribution is 0.539. The van der Waals surface area contributed by atoms with Crippen LogP contribution in [0.2, 0.25) is 0 Å². The molecule has 0 aliphatic heterocycles. The van der Waals surface area contributed by atoms with E-state index < -0.39 is 14.6 Å². The maximum absolute atomic E-state index is 12.6. The van der Waals surface area contributed by atoms with Crippen molar-refractivity contribution >= 4 is 9.84 Å². The van der Waals surface area contributed by atoms with E-state index in [1.807, 2.05) is 19.1 Å². The van der Waals surface area contributed by atoms with Crippen molar-refractivity contribution in [2.24, 2.45) is 0 Å². The second-order valence-corrected chi connectivity index (χ2v) is 6.32. The third-order valence-corrected chi connectivity index (χ3v) is 5.61. The molecule has 2 rings (SSSR count). The van der Waals surface area contributed by atoms with Crippen LogP contribution in [0.4, 0.5) is 0 Å². The van der Waals surface area contributed by atoms with Crippen molar-refractivity contribution < 1.29 is 8.42 Å². The Hall–Kier alpha value is -1.42. The van der Waals surface area contributed by atoms with Crippen molar-refractivity contribution in [2.75, 3.05) is 0 Å². The van der Waals surface area contributed by atoms with Gasteiger partial charge in [-0.05, 0) is 25.0 Å². The van der Waals surface area contributed by atoms with Crippen LogP contribution in [0.15, 0.2) is 53.7 Å². The van der Waals surface area contributed by atoms with E-state index in [1.165, 1.54) is 6.20 Å². The van der Waals surface area contributed by atoms with E-state index in [-0.39, 0.29) is 5.03 Å². The molecule has 0 aromatic carbocycles. The minimum atomic E-state index is -3.42. The Labute approximate surface area is 102 Å². The van der Waals surface area contributed by atoms with Crippen LogP contribution in [-0.4, -0.2) is 18.1 Å². The van der Waals surface area contributed by atoms with Gasteiger partial charge in [0.15, 0.2) is 5.03 Å². The van der Waals surface area contributed by atoms with Crippen LogP contribution < -0.4 is 0 Å². The summed E-state index contributed by atoms with van der Waals surface area (Å²) in [6.45, 7) is 1.89. The van der Waals surface area contributed by atoms with Gasteiger partial charge < -0.3 is 0 Å². The smallest absolute Gasteiger partial charge is 0.205 e. The Bertz CT molecular complexity index is 546. The fourth-order valence-corrected chi connectivity index (χ4v) is 3.84. The minimum absolute atomic E-state index is 0.154. The Kier molecular flexibility index (Phi) is 3.15. The SMILES string of the molecule is CCC1(S(=O)(=O)c2ccccn2)C=CC=CC1. The maximum Gasteiger partial charge on any atom is 0.205 e. The van der Waals surface area contributed by atoms with Crippen molar-refractivity contribution in [1.82, 2.24) is 4.98 Å². The second kappa shape index (κ2) is 4.45. The summed E-state index contributed by atoms with van der Waals surface area (Å²) in [6.07, 6.45) is 9.92. The molecule has 4 heteroatoms. The molecule has 1 unspecified atom stereocenters. The molecule has 0 saturated carbocycles. The first-order chi connectivity index (χ1) is 8.12. The number of sulfone groups is 1. The highest BCUT2D eigenvalue weighted by molar-refractivity contribution is 7.93. The van der Waals surface area contributed by atoms with Crippen LogP contribution in [0, 0.1) is 0 Å². The highest BCUT2D eigenvalue weighted by Gasteiger charge is 2.41. The Morgan fingerprint density at radius 1 is 1.35 bits per heavy atom. The Morgan fingerprint density at radius 2 is 2.18 bits per heavy atom. The first-order valence-corrected chi connectivity index (χ1v) is 7.11. The summed E-state index contributed by atoms with van der Waals surface area (Å²) in [5.74, 6) is 0. The third kappa shape index (κ3) is 1.93. The molecule has 0 bridgehead atoms. The van der Waals surface area contributed by atoms with E-state index in [1.54, 1.807) is 30.4 Å². The molecule has 0 N–H and O–H groups in total. The average Bonchev–Trinajstić information content (AvgIpc) is 2.40. The van der Waals surface area contributed by atoms with E-state index in [2.05, 4.69) is 4.98 Å². The average molecular weight is 249 g/mol. The summed E-state index contributed by atoms with van der Waals surface area (Å²) in [5, 5.41) is 0.154. The van der Waals surface area contributed by atoms with Gasteiger partial charge >= 0.3 is 0 Å². The molecule has 1 aliphatic rings. The molecule has 0 spiro atoms. The molecular formula is C13H15NO2S. The molecule has 1 heterocycles. The van der Waals surface area contributed by atoms with Crippen LogP contribution in [0.25, 0.3) is 0 Å². The lowest BCUT2D eigenvalue weighted by Crippen LogP contribution is -2.36. The van der Waals surface area contributed by atoms with Crippen molar-refractivity contribution in [2.45, 2.75) is 29.5 Å². The van der Waals surface area contributed by atoms with Gasteiger partial charge in [0.25, 0.3) is 0 Å². The van der Waals surface area contributed by atoms with Gasteiger partial charge in [-0.1, -0.05) is 37.3 Å². The van der Waals surface area contributed by atoms with Gasteiger partial charge in [0.1, 0.15) is 0 Å². The van der Waals surface area contributed by atoms with Crippen LogP contribution in [-0.2, 0) is 9.84 Å². The van der Waals surface area contributed by atoms with E-state index >= 15 is 0 Å². The van der Waals surface area contributed by atoms with Crippen LogP contribution >= 0.6 is 0 Å².